The lowest BCUT2D eigenvalue weighted by atomic mass is 10.2. The highest BCUT2D eigenvalue weighted by atomic mass is 32.2. The number of nitrogens with zero attached hydrogens (tertiary/aromatic N) is 4. The molecule has 1 amide bonds. The lowest BCUT2D eigenvalue weighted by molar-refractivity contribution is -0.137. The van der Waals surface area contributed by atoms with Crippen molar-refractivity contribution in [3.05, 3.63) is 48.0 Å². The molecule has 1 aromatic heterocycles. The largest absolute Gasteiger partial charge is 0.508 e. The van der Waals surface area contributed by atoms with Gasteiger partial charge in [-0.25, -0.2) is 4.98 Å². The van der Waals surface area contributed by atoms with Gasteiger partial charge in [-0.05, 0) is 36.8 Å². The zero-order valence-electron chi connectivity index (χ0n) is 18.9. The van der Waals surface area contributed by atoms with E-state index in [-0.39, 0.29) is 17.4 Å². The van der Waals surface area contributed by atoms with Crippen molar-refractivity contribution in [1.82, 2.24) is 14.5 Å². The number of aromatic hydroxyl groups is 1. The Labute approximate surface area is 200 Å². The van der Waals surface area contributed by atoms with Gasteiger partial charge in [0.25, 0.3) is 0 Å². The number of phenolic OH excluding ortho intramolecular Hbond substituents is 1. The van der Waals surface area contributed by atoms with E-state index in [4.69, 9.17) is 0 Å². The number of anilines is 1. The Kier molecular flexibility index (Phi) is 7.25. The molecule has 0 atom stereocenters. The minimum absolute atomic E-state index is 0.0226. The third-order valence-corrected chi connectivity index (χ3v) is 6.89. The highest BCUT2D eigenvalue weighted by Crippen LogP contribution is 2.33. The number of imidazole rings is 1. The fourth-order valence-electron chi connectivity index (χ4n) is 4.05. The van der Waals surface area contributed by atoms with Gasteiger partial charge in [-0.15, -0.1) is 0 Å². The van der Waals surface area contributed by atoms with Gasteiger partial charge < -0.3 is 19.5 Å². The Bertz CT molecular complexity index is 1160. The van der Waals surface area contributed by atoms with Crippen molar-refractivity contribution in [1.29, 1.82) is 0 Å². The SMILES string of the molecule is CCCCn1c(SCC(=O)N2CCN(c3cccc(O)c3)CC2)nc2cc(C(F)(F)F)ccc21. The van der Waals surface area contributed by atoms with E-state index >= 15 is 0 Å². The number of aromatic nitrogens is 2. The van der Waals surface area contributed by atoms with Crippen LogP contribution in [0.4, 0.5) is 18.9 Å². The van der Waals surface area contributed by atoms with E-state index in [0.29, 0.717) is 48.9 Å². The summed E-state index contributed by atoms with van der Waals surface area (Å²) in [5.74, 6) is 0.361. The average molecular weight is 493 g/mol. The minimum Gasteiger partial charge on any atom is -0.508 e. The van der Waals surface area contributed by atoms with Gasteiger partial charge >= 0.3 is 6.18 Å². The zero-order chi connectivity index (χ0) is 24.3. The molecule has 1 aliphatic rings. The molecule has 0 saturated carbocycles. The van der Waals surface area contributed by atoms with Gasteiger partial charge in [-0.1, -0.05) is 31.2 Å². The molecule has 1 aliphatic heterocycles. The summed E-state index contributed by atoms with van der Waals surface area (Å²) in [7, 11) is 0. The van der Waals surface area contributed by atoms with Gasteiger partial charge in [0.1, 0.15) is 5.75 Å². The number of carbonyl (C=O) groups is 1. The smallest absolute Gasteiger partial charge is 0.416 e. The first-order chi connectivity index (χ1) is 16.3. The monoisotopic (exact) mass is 492 g/mol. The summed E-state index contributed by atoms with van der Waals surface area (Å²) in [5.41, 5.74) is 1.14. The van der Waals surface area contributed by atoms with Gasteiger partial charge in [-0.3, -0.25) is 4.79 Å². The topological polar surface area (TPSA) is 61.6 Å². The minimum atomic E-state index is -4.43. The van der Waals surface area contributed by atoms with Crippen LogP contribution in [0.3, 0.4) is 0 Å². The molecule has 4 rings (SSSR count). The number of unbranched alkanes of at least 4 members (excludes halogenated alkanes) is 1. The molecule has 6 nitrogen and oxygen atoms in total. The molecule has 0 spiro atoms. The van der Waals surface area contributed by atoms with Crippen molar-refractivity contribution in [2.75, 3.05) is 36.8 Å². The Morgan fingerprint density at radius 2 is 1.88 bits per heavy atom. The third-order valence-electron chi connectivity index (χ3n) is 5.93. The van der Waals surface area contributed by atoms with Gasteiger partial charge in [0.05, 0.1) is 22.3 Å². The molecule has 0 radical (unpaired) electrons. The Hall–Kier alpha value is -2.88. The van der Waals surface area contributed by atoms with Crippen LogP contribution >= 0.6 is 11.8 Å². The van der Waals surface area contributed by atoms with E-state index < -0.39 is 11.7 Å². The fraction of sp³-hybridized carbons (Fsp3) is 0.417. The first-order valence-corrected chi connectivity index (χ1v) is 12.3. The number of benzene rings is 2. The van der Waals surface area contributed by atoms with Gasteiger partial charge in [0.2, 0.25) is 5.91 Å². The van der Waals surface area contributed by atoms with E-state index in [0.717, 1.165) is 30.7 Å². The summed E-state index contributed by atoms with van der Waals surface area (Å²) >= 11 is 1.27. The second-order valence-corrected chi connectivity index (χ2v) is 9.22. The molecule has 34 heavy (non-hydrogen) atoms. The molecule has 0 bridgehead atoms. The van der Waals surface area contributed by atoms with Crippen molar-refractivity contribution < 1.29 is 23.1 Å². The number of hydrogen-bond acceptors (Lipinski definition) is 5. The van der Waals surface area contributed by atoms with Crippen molar-refractivity contribution in [2.24, 2.45) is 0 Å². The third kappa shape index (κ3) is 5.43. The quantitative estimate of drug-likeness (QED) is 0.471. The molecule has 10 heteroatoms. The number of halogens is 3. The van der Waals surface area contributed by atoms with Crippen molar-refractivity contribution in [2.45, 2.75) is 37.6 Å². The maximum atomic E-state index is 13.1. The number of piperazine rings is 1. The maximum absolute atomic E-state index is 13.1. The fourth-order valence-corrected chi connectivity index (χ4v) is 4.99. The van der Waals surface area contributed by atoms with Gasteiger partial charge in [0.15, 0.2) is 5.16 Å². The standard InChI is InChI=1S/C24H27F3N4O2S/c1-2-3-9-31-21-8-7-17(24(25,26)27)14-20(21)28-23(31)34-16-22(33)30-12-10-29(11-13-30)18-5-4-6-19(32)15-18/h4-8,14-15,32H,2-3,9-13,16H2,1H3. The van der Waals surface area contributed by atoms with Crippen molar-refractivity contribution in [3.8, 4) is 5.75 Å². The number of aryl methyl sites for hydroxylation is 1. The van der Waals surface area contributed by atoms with Crippen LogP contribution in [0.25, 0.3) is 11.0 Å². The number of hydrogen-bond donors (Lipinski definition) is 1. The summed E-state index contributed by atoms with van der Waals surface area (Å²) in [5, 5.41) is 10.3. The Morgan fingerprint density at radius 1 is 1.12 bits per heavy atom. The normalized spacial score (nSPS) is 14.7. The number of fused-ring (bicyclic) bond motifs is 1. The van der Waals surface area contributed by atoms with Crippen LogP contribution in [0.1, 0.15) is 25.3 Å². The molecule has 1 N–H and O–H groups in total. The van der Waals surface area contributed by atoms with Gasteiger partial charge in [0, 0.05) is 44.5 Å². The molecule has 0 unspecified atom stereocenters. The van der Waals surface area contributed by atoms with Crippen LogP contribution in [0.2, 0.25) is 0 Å². The zero-order valence-corrected chi connectivity index (χ0v) is 19.7. The molecular formula is C24H27F3N4O2S. The maximum Gasteiger partial charge on any atom is 0.416 e. The average Bonchev–Trinajstić information content (AvgIpc) is 3.17. The second kappa shape index (κ2) is 10.2. The highest BCUT2D eigenvalue weighted by molar-refractivity contribution is 7.99. The second-order valence-electron chi connectivity index (χ2n) is 8.28. The van der Waals surface area contributed by atoms with Crippen LogP contribution in [-0.4, -0.2) is 57.4 Å². The summed E-state index contributed by atoms with van der Waals surface area (Å²) in [4.78, 5) is 21.2. The number of rotatable bonds is 7. The number of carbonyl (C=O) groups excluding carboxylic acids is 1. The van der Waals surface area contributed by atoms with Crippen LogP contribution < -0.4 is 4.90 Å². The summed E-state index contributed by atoms with van der Waals surface area (Å²) in [6, 6.07) is 10.7. The predicted octanol–water partition coefficient (Wildman–Crippen LogP) is 5.00. The van der Waals surface area contributed by atoms with E-state index in [1.165, 1.54) is 17.8 Å². The highest BCUT2D eigenvalue weighted by Gasteiger charge is 2.31. The summed E-state index contributed by atoms with van der Waals surface area (Å²) < 4.78 is 41.3. The molecule has 1 fully saturated rings. The first kappa shape index (κ1) is 24.3. The molecular weight excluding hydrogens is 465 g/mol. The van der Waals surface area contributed by atoms with E-state index in [1.807, 2.05) is 17.6 Å². The molecule has 0 aliphatic carbocycles. The number of alkyl halides is 3. The van der Waals surface area contributed by atoms with Crippen LogP contribution in [-0.2, 0) is 17.5 Å². The van der Waals surface area contributed by atoms with Crippen molar-refractivity contribution in [3.63, 3.8) is 0 Å². The molecule has 2 heterocycles. The Balaban J connectivity index is 1.42. The van der Waals surface area contributed by atoms with E-state index in [1.54, 1.807) is 23.1 Å². The Morgan fingerprint density at radius 3 is 2.56 bits per heavy atom. The summed E-state index contributed by atoms with van der Waals surface area (Å²) in [6.45, 7) is 5.14. The van der Waals surface area contributed by atoms with Crippen molar-refractivity contribution >= 4 is 34.4 Å². The first-order valence-electron chi connectivity index (χ1n) is 11.3. The lowest BCUT2D eigenvalue weighted by Crippen LogP contribution is -2.49. The lowest BCUT2D eigenvalue weighted by Gasteiger charge is -2.36. The van der Waals surface area contributed by atoms with E-state index in [2.05, 4.69) is 9.88 Å². The number of phenols is 1. The molecule has 1 saturated heterocycles. The van der Waals surface area contributed by atoms with Crippen LogP contribution in [0.15, 0.2) is 47.6 Å². The molecule has 2 aromatic carbocycles. The van der Waals surface area contributed by atoms with Gasteiger partial charge in [-0.2, -0.15) is 13.2 Å². The van der Waals surface area contributed by atoms with Crippen LogP contribution in [0.5, 0.6) is 5.75 Å². The number of amides is 1. The summed E-state index contributed by atoms with van der Waals surface area (Å²) in [6.07, 6.45) is -2.62. The van der Waals surface area contributed by atoms with Crippen LogP contribution in [0, 0.1) is 0 Å². The molecule has 3 aromatic rings. The predicted molar refractivity (Wildman–Crippen MR) is 127 cm³/mol. The number of thioether (sulfide) groups is 1. The van der Waals surface area contributed by atoms with E-state index in [9.17, 15) is 23.1 Å². The molecule has 182 valence electrons.